The first-order chi connectivity index (χ1) is 6.27. The molecule has 74 valence electrons. The summed E-state index contributed by atoms with van der Waals surface area (Å²) in [6.45, 7) is 6.01. The molecule has 1 N–H and O–H groups in total. The standard InChI is InChI=1S/C8H15N3OS/c1-3-11(5-4-6-12)8-10-9-7(2)13-8/h12H,3-6H2,1-2H3. The topological polar surface area (TPSA) is 49.2 Å². The number of nitrogens with zero attached hydrogens (tertiary/aromatic N) is 3. The summed E-state index contributed by atoms with van der Waals surface area (Å²) >= 11 is 1.59. The maximum Gasteiger partial charge on any atom is 0.208 e. The van der Waals surface area contributed by atoms with Gasteiger partial charge < -0.3 is 10.0 Å². The van der Waals surface area contributed by atoms with Crippen LogP contribution in [0.1, 0.15) is 18.4 Å². The fourth-order valence-corrected chi connectivity index (χ4v) is 1.84. The molecule has 0 aromatic carbocycles. The number of hydrogen-bond acceptors (Lipinski definition) is 5. The van der Waals surface area contributed by atoms with Crippen LogP contribution in [0, 0.1) is 6.92 Å². The number of aliphatic hydroxyl groups excluding tert-OH is 1. The Morgan fingerprint density at radius 1 is 1.46 bits per heavy atom. The van der Waals surface area contributed by atoms with Crippen molar-refractivity contribution in [3.8, 4) is 0 Å². The van der Waals surface area contributed by atoms with Gasteiger partial charge in [0.25, 0.3) is 0 Å². The molecule has 0 aliphatic rings. The van der Waals surface area contributed by atoms with Crippen LogP contribution in [0.5, 0.6) is 0 Å². The highest BCUT2D eigenvalue weighted by Gasteiger charge is 2.07. The molecule has 0 amide bonds. The number of aliphatic hydroxyl groups is 1. The summed E-state index contributed by atoms with van der Waals surface area (Å²) in [4.78, 5) is 2.13. The minimum Gasteiger partial charge on any atom is -0.396 e. The third kappa shape index (κ3) is 2.93. The SMILES string of the molecule is CCN(CCCO)c1nnc(C)s1. The summed E-state index contributed by atoms with van der Waals surface area (Å²) < 4.78 is 0. The molecule has 0 atom stereocenters. The lowest BCUT2D eigenvalue weighted by Gasteiger charge is -2.17. The zero-order chi connectivity index (χ0) is 9.68. The Labute approximate surface area is 82.2 Å². The lowest BCUT2D eigenvalue weighted by atomic mass is 10.4. The molecule has 1 aromatic rings. The number of hydrogen-bond donors (Lipinski definition) is 1. The van der Waals surface area contributed by atoms with Crippen molar-refractivity contribution in [3.05, 3.63) is 5.01 Å². The van der Waals surface area contributed by atoms with Crippen molar-refractivity contribution < 1.29 is 5.11 Å². The number of aryl methyl sites for hydroxylation is 1. The molecule has 1 rings (SSSR count). The van der Waals surface area contributed by atoms with E-state index >= 15 is 0 Å². The molecule has 0 fully saturated rings. The predicted octanol–water partition coefficient (Wildman–Crippen LogP) is 1.06. The Kier molecular flexibility index (Phi) is 4.11. The van der Waals surface area contributed by atoms with Gasteiger partial charge in [0.05, 0.1) is 0 Å². The van der Waals surface area contributed by atoms with E-state index in [0.29, 0.717) is 0 Å². The van der Waals surface area contributed by atoms with E-state index in [1.807, 2.05) is 6.92 Å². The second-order valence-electron chi connectivity index (χ2n) is 2.76. The maximum atomic E-state index is 8.70. The Morgan fingerprint density at radius 2 is 2.23 bits per heavy atom. The van der Waals surface area contributed by atoms with Gasteiger partial charge in [-0.25, -0.2) is 0 Å². The molecular weight excluding hydrogens is 186 g/mol. The monoisotopic (exact) mass is 201 g/mol. The smallest absolute Gasteiger partial charge is 0.208 e. The highest BCUT2D eigenvalue weighted by Crippen LogP contribution is 2.18. The Morgan fingerprint density at radius 3 is 2.69 bits per heavy atom. The van der Waals surface area contributed by atoms with Crippen LogP contribution in [0.2, 0.25) is 0 Å². The zero-order valence-electron chi connectivity index (χ0n) is 8.03. The van der Waals surface area contributed by atoms with Gasteiger partial charge in [-0.1, -0.05) is 11.3 Å². The van der Waals surface area contributed by atoms with E-state index in [1.165, 1.54) is 0 Å². The molecule has 0 spiro atoms. The fraction of sp³-hybridized carbons (Fsp3) is 0.750. The molecule has 0 saturated heterocycles. The number of anilines is 1. The van der Waals surface area contributed by atoms with Crippen molar-refractivity contribution in [3.63, 3.8) is 0 Å². The average Bonchev–Trinajstić information content (AvgIpc) is 2.54. The summed E-state index contributed by atoms with van der Waals surface area (Å²) in [5.74, 6) is 0. The van der Waals surface area contributed by atoms with Gasteiger partial charge in [-0.05, 0) is 20.3 Å². The number of aromatic nitrogens is 2. The Bertz CT molecular complexity index is 251. The van der Waals surface area contributed by atoms with Crippen LogP contribution in [0.15, 0.2) is 0 Å². The predicted molar refractivity (Wildman–Crippen MR) is 54.2 cm³/mol. The molecule has 0 aliphatic carbocycles. The Hall–Kier alpha value is -0.680. The highest BCUT2D eigenvalue weighted by molar-refractivity contribution is 7.15. The third-order valence-electron chi connectivity index (χ3n) is 1.75. The van der Waals surface area contributed by atoms with Crippen molar-refractivity contribution in [2.24, 2.45) is 0 Å². The van der Waals surface area contributed by atoms with Crippen molar-refractivity contribution >= 4 is 16.5 Å². The van der Waals surface area contributed by atoms with Crippen LogP contribution in [-0.4, -0.2) is 35.0 Å². The van der Waals surface area contributed by atoms with E-state index in [2.05, 4.69) is 22.0 Å². The normalized spacial score (nSPS) is 10.4. The first kappa shape index (κ1) is 10.4. The second-order valence-corrected chi connectivity index (χ2v) is 3.92. The molecule has 1 aromatic heterocycles. The van der Waals surface area contributed by atoms with Crippen LogP contribution in [0.3, 0.4) is 0 Å². The molecule has 0 saturated carbocycles. The fourth-order valence-electron chi connectivity index (χ4n) is 1.06. The van der Waals surface area contributed by atoms with E-state index in [0.717, 1.165) is 29.6 Å². The van der Waals surface area contributed by atoms with Gasteiger partial charge >= 0.3 is 0 Å². The maximum absolute atomic E-state index is 8.70. The lowest BCUT2D eigenvalue weighted by Crippen LogP contribution is -2.24. The van der Waals surface area contributed by atoms with Crippen LogP contribution in [0.4, 0.5) is 5.13 Å². The molecular formula is C8H15N3OS. The Balaban J connectivity index is 2.56. The van der Waals surface area contributed by atoms with Gasteiger partial charge in [0.2, 0.25) is 5.13 Å². The summed E-state index contributed by atoms with van der Waals surface area (Å²) in [7, 11) is 0. The van der Waals surface area contributed by atoms with Gasteiger partial charge in [-0.3, -0.25) is 0 Å². The van der Waals surface area contributed by atoms with E-state index in [9.17, 15) is 0 Å². The van der Waals surface area contributed by atoms with Crippen LogP contribution in [0.25, 0.3) is 0 Å². The van der Waals surface area contributed by atoms with Gasteiger partial charge in [-0.15, -0.1) is 10.2 Å². The molecule has 0 aliphatic heterocycles. The van der Waals surface area contributed by atoms with E-state index in [-0.39, 0.29) is 6.61 Å². The van der Waals surface area contributed by atoms with Gasteiger partial charge in [0, 0.05) is 19.7 Å². The van der Waals surface area contributed by atoms with Crippen LogP contribution >= 0.6 is 11.3 Å². The quantitative estimate of drug-likeness (QED) is 0.773. The van der Waals surface area contributed by atoms with Crippen molar-refractivity contribution in [1.29, 1.82) is 0 Å². The zero-order valence-corrected chi connectivity index (χ0v) is 8.84. The minimum absolute atomic E-state index is 0.230. The molecule has 1 heterocycles. The largest absolute Gasteiger partial charge is 0.396 e. The molecule has 0 radical (unpaired) electrons. The van der Waals surface area contributed by atoms with E-state index in [1.54, 1.807) is 11.3 Å². The van der Waals surface area contributed by atoms with Crippen molar-refractivity contribution in [1.82, 2.24) is 10.2 Å². The van der Waals surface area contributed by atoms with Gasteiger partial charge in [0.15, 0.2) is 0 Å². The summed E-state index contributed by atoms with van der Waals surface area (Å²) in [6.07, 6.45) is 0.784. The average molecular weight is 201 g/mol. The lowest BCUT2D eigenvalue weighted by molar-refractivity contribution is 0.289. The molecule has 0 unspecified atom stereocenters. The minimum atomic E-state index is 0.230. The molecule has 4 nitrogen and oxygen atoms in total. The summed E-state index contributed by atoms with van der Waals surface area (Å²) in [5.41, 5.74) is 0. The van der Waals surface area contributed by atoms with Gasteiger partial charge in [0.1, 0.15) is 5.01 Å². The second kappa shape index (κ2) is 5.14. The number of rotatable bonds is 5. The van der Waals surface area contributed by atoms with E-state index in [4.69, 9.17) is 5.11 Å². The molecule has 0 bridgehead atoms. The van der Waals surface area contributed by atoms with Crippen LogP contribution < -0.4 is 4.90 Å². The molecule has 5 heteroatoms. The van der Waals surface area contributed by atoms with Crippen molar-refractivity contribution in [2.45, 2.75) is 20.3 Å². The first-order valence-corrected chi connectivity index (χ1v) is 5.25. The third-order valence-corrected chi connectivity index (χ3v) is 2.65. The van der Waals surface area contributed by atoms with Crippen LogP contribution in [-0.2, 0) is 0 Å². The van der Waals surface area contributed by atoms with Crippen molar-refractivity contribution in [2.75, 3.05) is 24.6 Å². The van der Waals surface area contributed by atoms with E-state index < -0.39 is 0 Å². The summed E-state index contributed by atoms with van der Waals surface area (Å²) in [5, 5.41) is 18.7. The first-order valence-electron chi connectivity index (χ1n) is 4.43. The summed E-state index contributed by atoms with van der Waals surface area (Å²) in [6, 6.07) is 0. The molecule has 13 heavy (non-hydrogen) atoms. The van der Waals surface area contributed by atoms with Gasteiger partial charge in [-0.2, -0.15) is 0 Å². The highest BCUT2D eigenvalue weighted by atomic mass is 32.1.